The van der Waals surface area contributed by atoms with E-state index in [-0.39, 0.29) is 11.8 Å². The van der Waals surface area contributed by atoms with Gasteiger partial charge in [0.25, 0.3) is 0 Å². The molecule has 2 aromatic carbocycles. The third-order valence-electron chi connectivity index (χ3n) is 4.39. The van der Waals surface area contributed by atoms with Crippen LogP contribution in [0.3, 0.4) is 0 Å². The van der Waals surface area contributed by atoms with E-state index in [9.17, 15) is 9.59 Å². The third kappa shape index (κ3) is 3.67. The molecule has 2 amide bonds. The van der Waals surface area contributed by atoms with Crippen molar-refractivity contribution < 1.29 is 9.59 Å². The number of amides is 2. The molecule has 2 N–H and O–H groups in total. The average Bonchev–Trinajstić information content (AvgIpc) is 3.05. The molecule has 0 fully saturated rings. The van der Waals surface area contributed by atoms with Gasteiger partial charge in [-0.3, -0.25) is 9.59 Å². The summed E-state index contributed by atoms with van der Waals surface area (Å²) in [6, 6.07) is 14.2. The van der Waals surface area contributed by atoms with Crippen molar-refractivity contribution in [2.24, 2.45) is 0 Å². The highest BCUT2D eigenvalue weighted by Crippen LogP contribution is 2.30. The minimum absolute atomic E-state index is 0.0387. The van der Waals surface area contributed by atoms with Gasteiger partial charge >= 0.3 is 0 Å². The predicted octanol–water partition coefficient (Wildman–Crippen LogP) is 2.91. The standard InChI is InChI=1S/C20H20N4O2/c1-13(20(26)23-17-5-3-4-15(10-17)12-21)22-18-6-7-19-16(11-18)8-9-24(19)14(2)25/h3-7,10-11,13,22H,8-9H2,1-2H3,(H,23,26)/t13-/m1/s1. The maximum atomic E-state index is 12.4. The number of nitrogens with one attached hydrogen (secondary N) is 2. The molecule has 6 nitrogen and oxygen atoms in total. The van der Waals surface area contributed by atoms with Crippen LogP contribution in [0.4, 0.5) is 17.1 Å². The summed E-state index contributed by atoms with van der Waals surface area (Å²) in [5.41, 5.74) is 3.96. The van der Waals surface area contributed by atoms with E-state index >= 15 is 0 Å². The average molecular weight is 348 g/mol. The first-order valence-electron chi connectivity index (χ1n) is 8.46. The summed E-state index contributed by atoms with van der Waals surface area (Å²) in [6.45, 7) is 4.03. The molecule has 0 spiro atoms. The quantitative estimate of drug-likeness (QED) is 0.890. The van der Waals surface area contributed by atoms with Gasteiger partial charge in [-0.15, -0.1) is 0 Å². The monoisotopic (exact) mass is 348 g/mol. The highest BCUT2D eigenvalue weighted by Gasteiger charge is 2.22. The van der Waals surface area contributed by atoms with Crippen LogP contribution < -0.4 is 15.5 Å². The largest absolute Gasteiger partial charge is 0.374 e. The predicted molar refractivity (Wildman–Crippen MR) is 101 cm³/mol. The van der Waals surface area contributed by atoms with Crippen molar-refractivity contribution in [2.75, 3.05) is 22.1 Å². The summed E-state index contributed by atoms with van der Waals surface area (Å²) in [5.74, 6) is -0.150. The Labute approximate surface area is 152 Å². The second kappa shape index (κ2) is 7.28. The van der Waals surface area contributed by atoms with Crippen LogP contribution in [-0.4, -0.2) is 24.4 Å². The first-order valence-corrected chi connectivity index (χ1v) is 8.46. The Morgan fingerprint density at radius 1 is 1.19 bits per heavy atom. The van der Waals surface area contributed by atoms with Crippen LogP contribution in [0.5, 0.6) is 0 Å². The van der Waals surface area contributed by atoms with Crippen molar-refractivity contribution >= 4 is 28.9 Å². The summed E-state index contributed by atoms with van der Waals surface area (Å²) in [5, 5.41) is 14.9. The molecular formula is C20H20N4O2. The normalized spacial score (nSPS) is 13.5. The number of benzene rings is 2. The molecule has 1 heterocycles. The number of rotatable bonds is 4. The number of hydrogen-bond acceptors (Lipinski definition) is 4. The second-order valence-electron chi connectivity index (χ2n) is 6.31. The van der Waals surface area contributed by atoms with Gasteiger partial charge in [0.1, 0.15) is 6.04 Å². The topological polar surface area (TPSA) is 85.2 Å². The lowest BCUT2D eigenvalue weighted by atomic mass is 10.1. The molecule has 0 unspecified atom stereocenters. The summed E-state index contributed by atoms with van der Waals surface area (Å²) in [4.78, 5) is 25.8. The zero-order valence-corrected chi connectivity index (χ0v) is 14.7. The van der Waals surface area contributed by atoms with Crippen LogP contribution in [0, 0.1) is 11.3 Å². The van der Waals surface area contributed by atoms with Crippen molar-refractivity contribution in [3.8, 4) is 6.07 Å². The van der Waals surface area contributed by atoms with E-state index in [1.165, 1.54) is 0 Å². The zero-order valence-electron chi connectivity index (χ0n) is 14.7. The Morgan fingerprint density at radius 3 is 2.73 bits per heavy atom. The molecule has 26 heavy (non-hydrogen) atoms. The summed E-state index contributed by atoms with van der Waals surface area (Å²) < 4.78 is 0. The third-order valence-corrected chi connectivity index (χ3v) is 4.39. The van der Waals surface area contributed by atoms with Crippen molar-refractivity contribution in [1.29, 1.82) is 5.26 Å². The molecular weight excluding hydrogens is 328 g/mol. The van der Waals surface area contributed by atoms with Gasteiger partial charge in [-0.05, 0) is 55.3 Å². The van der Waals surface area contributed by atoms with E-state index in [4.69, 9.17) is 5.26 Å². The number of carbonyl (C=O) groups is 2. The Balaban J connectivity index is 1.66. The van der Waals surface area contributed by atoms with Gasteiger partial charge in [0, 0.05) is 30.5 Å². The molecule has 0 radical (unpaired) electrons. The fourth-order valence-corrected chi connectivity index (χ4v) is 3.05. The molecule has 0 aliphatic carbocycles. The minimum Gasteiger partial charge on any atom is -0.374 e. The minimum atomic E-state index is -0.455. The molecule has 132 valence electrons. The number of carbonyl (C=O) groups excluding carboxylic acids is 2. The molecule has 0 saturated carbocycles. The van der Waals surface area contributed by atoms with Crippen molar-refractivity contribution in [3.63, 3.8) is 0 Å². The van der Waals surface area contributed by atoms with E-state index in [2.05, 4.69) is 16.7 Å². The molecule has 1 aliphatic heterocycles. The fourth-order valence-electron chi connectivity index (χ4n) is 3.05. The Kier molecular flexibility index (Phi) is 4.90. The van der Waals surface area contributed by atoms with E-state index in [1.807, 2.05) is 18.2 Å². The smallest absolute Gasteiger partial charge is 0.246 e. The molecule has 3 rings (SSSR count). The van der Waals surface area contributed by atoms with Crippen LogP contribution in [-0.2, 0) is 16.0 Å². The number of anilines is 3. The lowest BCUT2D eigenvalue weighted by Crippen LogP contribution is -2.31. The Morgan fingerprint density at radius 2 is 2.00 bits per heavy atom. The number of nitrogens with zero attached hydrogens (tertiary/aromatic N) is 2. The van der Waals surface area contributed by atoms with Crippen LogP contribution in [0.25, 0.3) is 0 Å². The summed E-state index contributed by atoms with van der Waals surface area (Å²) >= 11 is 0. The number of nitriles is 1. The lowest BCUT2D eigenvalue weighted by Gasteiger charge is -2.18. The number of fused-ring (bicyclic) bond motifs is 1. The van der Waals surface area contributed by atoms with Crippen LogP contribution >= 0.6 is 0 Å². The lowest BCUT2D eigenvalue weighted by molar-refractivity contribution is -0.117. The molecule has 1 aliphatic rings. The maximum Gasteiger partial charge on any atom is 0.246 e. The van der Waals surface area contributed by atoms with Gasteiger partial charge in [0.15, 0.2) is 0 Å². The molecule has 6 heteroatoms. The second-order valence-corrected chi connectivity index (χ2v) is 6.31. The molecule has 1 atom stereocenters. The van der Waals surface area contributed by atoms with Gasteiger partial charge in [0.05, 0.1) is 11.6 Å². The van der Waals surface area contributed by atoms with E-state index in [0.717, 1.165) is 23.4 Å². The van der Waals surface area contributed by atoms with Crippen LogP contribution in [0.1, 0.15) is 25.0 Å². The van der Waals surface area contributed by atoms with Crippen molar-refractivity contribution in [2.45, 2.75) is 26.3 Å². The van der Waals surface area contributed by atoms with E-state index < -0.39 is 6.04 Å². The highest BCUT2D eigenvalue weighted by atomic mass is 16.2. The first-order chi connectivity index (χ1) is 12.5. The number of hydrogen-bond donors (Lipinski definition) is 2. The van der Waals surface area contributed by atoms with Crippen molar-refractivity contribution in [3.05, 3.63) is 53.6 Å². The molecule has 0 saturated heterocycles. The van der Waals surface area contributed by atoms with Gasteiger partial charge in [0.2, 0.25) is 11.8 Å². The van der Waals surface area contributed by atoms with Crippen LogP contribution in [0.15, 0.2) is 42.5 Å². The SMILES string of the molecule is CC(=O)N1CCc2cc(N[C@H](C)C(=O)Nc3cccc(C#N)c3)ccc21. The molecule has 0 aromatic heterocycles. The van der Waals surface area contributed by atoms with Crippen LogP contribution in [0.2, 0.25) is 0 Å². The fraction of sp³-hybridized carbons (Fsp3) is 0.250. The Bertz CT molecular complexity index is 901. The molecule has 0 bridgehead atoms. The van der Waals surface area contributed by atoms with Crippen molar-refractivity contribution in [1.82, 2.24) is 0 Å². The van der Waals surface area contributed by atoms with E-state index in [0.29, 0.717) is 17.8 Å². The van der Waals surface area contributed by atoms with Gasteiger partial charge in [-0.25, -0.2) is 0 Å². The Hall–Kier alpha value is -3.33. The summed E-state index contributed by atoms with van der Waals surface area (Å²) in [7, 11) is 0. The highest BCUT2D eigenvalue weighted by molar-refractivity contribution is 5.97. The first kappa shape index (κ1) is 17.5. The maximum absolute atomic E-state index is 12.4. The van der Waals surface area contributed by atoms with Gasteiger partial charge in [-0.1, -0.05) is 6.07 Å². The van der Waals surface area contributed by atoms with E-state index in [1.54, 1.807) is 43.0 Å². The molecule has 2 aromatic rings. The van der Waals surface area contributed by atoms with Gasteiger partial charge in [-0.2, -0.15) is 5.26 Å². The van der Waals surface area contributed by atoms with Gasteiger partial charge < -0.3 is 15.5 Å². The summed E-state index contributed by atoms with van der Waals surface area (Å²) in [6.07, 6.45) is 0.811. The zero-order chi connectivity index (χ0) is 18.7.